The number of methoxy groups -OCH3 is 1. The fourth-order valence-corrected chi connectivity index (χ4v) is 4.01. The van der Waals surface area contributed by atoms with Crippen LogP contribution in [0.3, 0.4) is 0 Å². The average Bonchev–Trinajstić information content (AvgIpc) is 2.58. The highest BCUT2D eigenvalue weighted by Crippen LogP contribution is 2.41. The number of carbonyl (C=O) groups excluding carboxylic acids is 1. The molecule has 1 aliphatic rings. The molecule has 0 bridgehead atoms. The number of Topliss-reactive ketones (excluding diaryl/α,β-unsaturated/α-hetero) is 1. The van der Waals surface area contributed by atoms with Crippen LogP contribution in [0.25, 0.3) is 0 Å². The highest BCUT2D eigenvalue weighted by Gasteiger charge is 2.42. The van der Waals surface area contributed by atoms with Gasteiger partial charge in [-0.05, 0) is 56.1 Å². The van der Waals surface area contributed by atoms with E-state index in [1.54, 1.807) is 25.3 Å². The molecule has 1 aliphatic heterocycles. The number of ketones is 1. The van der Waals surface area contributed by atoms with Crippen LogP contribution in [0.2, 0.25) is 18.1 Å². The van der Waals surface area contributed by atoms with Gasteiger partial charge in [0.05, 0.1) is 24.5 Å². The van der Waals surface area contributed by atoms with E-state index in [0.717, 1.165) is 12.7 Å². The molecule has 1 atom stereocenters. The third kappa shape index (κ3) is 4.38. The zero-order valence-corrected chi connectivity index (χ0v) is 18.5. The Kier molecular flexibility index (Phi) is 6.12. The molecule has 0 spiro atoms. The van der Waals surface area contributed by atoms with Crippen LogP contribution in [0.5, 0.6) is 11.5 Å². The maximum Gasteiger partial charge on any atom is 0.199 e. The van der Waals surface area contributed by atoms with E-state index in [2.05, 4.69) is 33.9 Å². The Morgan fingerprint density at radius 1 is 1.30 bits per heavy atom. The summed E-state index contributed by atoms with van der Waals surface area (Å²) in [6.07, 6.45) is 2.18. The van der Waals surface area contributed by atoms with Crippen LogP contribution < -0.4 is 9.47 Å². The minimum Gasteiger partial charge on any atom is -0.515 e. The van der Waals surface area contributed by atoms with Crippen molar-refractivity contribution in [3.8, 4) is 11.5 Å². The van der Waals surface area contributed by atoms with Gasteiger partial charge in [0, 0.05) is 6.61 Å². The predicted molar refractivity (Wildman–Crippen MR) is 109 cm³/mol. The Balaban J connectivity index is 2.13. The second-order valence-electron chi connectivity index (χ2n) is 8.78. The van der Waals surface area contributed by atoms with Gasteiger partial charge in [-0.15, -0.1) is 0 Å². The van der Waals surface area contributed by atoms with Crippen molar-refractivity contribution in [2.75, 3.05) is 13.7 Å². The van der Waals surface area contributed by atoms with E-state index in [0.29, 0.717) is 30.1 Å². The van der Waals surface area contributed by atoms with Crippen LogP contribution in [0.1, 0.15) is 50.9 Å². The first-order valence-corrected chi connectivity index (χ1v) is 12.3. The van der Waals surface area contributed by atoms with Crippen molar-refractivity contribution < 1.29 is 23.8 Å². The zero-order chi connectivity index (χ0) is 20.5. The number of benzene rings is 1. The zero-order valence-electron chi connectivity index (χ0n) is 17.5. The van der Waals surface area contributed by atoms with Gasteiger partial charge in [0.2, 0.25) is 0 Å². The minimum absolute atomic E-state index is 0.155. The Hall–Kier alpha value is -1.79. The molecule has 150 valence electrons. The van der Waals surface area contributed by atoms with Gasteiger partial charge in [-0.1, -0.05) is 20.8 Å². The second-order valence-corrected chi connectivity index (χ2v) is 13.6. The molecule has 0 amide bonds. The van der Waals surface area contributed by atoms with Crippen molar-refractivity contribution in [3.05, 3.63) is 35.6 Å². The molecule has 0 aliphatic carbocycles. The lowest BCUT2D eigenvalue weighted by Gasteiger charge is -2.38. The topological polar surface area (TPSA) is 65.0 Å². The van der Waals surface area contributed by atoms with Crippen molar-refractivity contribution in [1.29, 1.82) is 0 Å². The Morgan fingerprint density at radius 2 is 1.96 bits per heavy atom. The van der Waals surface area contributed by atoms with Crippen LogP contribution in [0.15, 0.2) is 30.0 Å². The molecule has 0 saturated heterocycles. The molecule has 1 aromatic carbocycles. The summed E-state index contributed by atoms with van der Waals surface area (Å²) in [7, 11) is -0.262. The molecule has 0 fully saturated rings. The van der Waals surface area contributed by atoms with Crippen LogP contribution in [0.4, 0.5) is 0 Å². The van der Waals surface area contributed by atoms with Gasteiger partial charge in [-0.3, -0.25) is 4.79 Å². The smallest absolute Gasteiger partial charge is 0.199 e. The number of aliphatic hydroxyl groups is 1. The van der Waals surface area contributed by atoms with Crippen LogP contribution in [-0.2, 0) is 4.43 Å². The Labute approximate surface area is 163 Å². The summed E-state index contributed by atoms with van der Waals surface area (Å²) in [6, 6.07) is 5.15. The molecule has 0 radical (unpaired) electrons. The maximum absolute atomic E-state index is 12.9. The standard InChI is InChI=1S/C21H32O5Si/c1-20(2,3)27(6,7)25-12-8-11-21(4)17(14-22)19(23)16-13-15(24-5)9-10-18(16)26-21/h9-10,13-14,22H,8,11-12H2,1-7H3/b17-14-. The molecular formula is C21H32O5Si. The molecule has 27 heavy (non-hydrogen) atoms. The summed E-state index contributed by atoms with van der Waals surface area (Å²) in [5, 5.41) is 9.88. The van der Waals surface area contributed by atoms with E-state index in [1.807, 2.05) is 6.92 Å². The first-order chi connectivity index (χ1) is 12.4. The third-order valence-electron chi connectivity index (χ3n) is 5.78. The fourth-order valence-electron chi connectivity index (χ4n) is 2.92. The quantitative estimate of drug-likeness (QED) is 0.309. The number of rotatable bonds is 6. The van der Waals surface area contributed by atoms with E-state index >= 15 is 0 Å². The first kappa shape index (κ1) is 21.5. The van der Waals surface area contributed by atoms with E-state index in [4.69, 9.17) is 13.9 Å². The summed E-state index contributed by atoms with van der Waals surface area (Å²) in [4.78, 5) is 12.9. The molecular weight excluding hydrogens is 360 g/mol. The van der Waals surface area contributed by atoms with Gasteiger partial charge >= 0.3 is 0 Å². The highest BCUT2D eigenvalue weighted by atomic mass is 28.4. The van der Waals surface area contributed by atoms with Crippen molar-refractivity contribution >= 4 is 14.1 Å². The van der Waals surface area contributed by atoms with E-state index in [9.17, 15) is 9.90 Å². The largest absolute Gasteiger partial charge is 0.515 e. The molecule has 0 aromatic heterocycles. The Morgan fingerprint density at radius 3 is 2.52 bits per heavy atom. The third-order valence-corrected chi connectivity index (χ3v) is 10.3. The number of fused-ring (bicyclic) bond motifs is 1. The molecule has 5 nitrogen and oxygen atoms in total. The molecule has 1 heterocycles. The van der Waals surface area contributed by atoms with Gasteiger partial charge in [0.1, 0.15) is 17.1 Å². The number of carbonyl (C=O) groups is 1. The normalized spacial score (nSPS) is 21.7. The fraction of sp³-hybridized carbons (Fsp3) is 0.571. The number of hydrogen-bond acceptors (Lipinski definition) is 5. The Bertz CT molecular complexity index is 733. The molecule has 0 saturated carbocycles. The van der Waals surface area contributed by atoms with E-state index in [-0.39, 0.29) is 16.4 Å². The lowest BCUT2D eigenvalue weighted by molar-refractivity contribution is 0.0715. The molecule has 1 N–H and O–H groups in total. The number of hydrogen-bond donors (Lipinski definition) is 1. The summed E-state index contributed by atoms with van der Waals surface area (Å²) >= 11 is 0. The predicted octanol–water partition coefficient (Wildman–Crippen LogP) is 5.27. The summed E-state index contributed by atoms with van der Waals surface area (Å²) < 4.78 is 17.6. The average molecular weight is 393 g/mol. The monoisotopic (exact) mass is 392 g/mol. The molecule has 2 rings (SSSR count). The van der Waals surface area contributed by atoms with E-state index < -0.39 is 13.9 Å². The molecule has 6 heteroatoms. The maximum atomic E-state index is 12.9. The van der Waals surface area contributed by atoms with Crippen LogP contribution in [0, 0.1) is 0 Å². The summed E-state index contributed by atoms with van der Waals surface area (Å²) in [5.74, 6) is 0.860. The summed E-state index contributed by atoms with van der Waals surface area (Å²) in [6.45, 7) is 13.5. The summed E-state index contributed by atoms with van der Waals surface area (Å²) in [5.41, 5.74) is -0.218. The van der Waals surface area contributed by atoms with Crippen LogP contribution >= 0.6 is 0 Å². The van der Waals surface area contributed by atoms with Gasteiger partial charge in [-0.25, -0.2) is 0 Å². The first-order valence-electron chi connectivity index (χ1n) is 9.36. The van der Waals surface area contributed by atoms with Crippen molar-refractivity contribution in [2.24, 2.45) is 0 Å². The van der Waals surface area contributed by atoms with Gasteiger partial charge < -0.3 is 19.0 Å². The highest BCUT2D eigenvalue weighted by molar-refractivity contribution is 6.74. The number of ether oxygens (including phenoxy) is 2. The SMILES string of the molecule is COc1ccc2c(c1)C(=O)/C(=C/O)C(C)(CCCO[Si](C)(C)C(C)(C)C)O2. The molecule has 1 unspecified atom stereocenters. The molecule has 1 aromatic rings. The lowest BCUT2D eigenvalue weighted by Crippen LogP contribution is -2.43. The van der Waals surface area contributed by atoms with Crippen LogP contribution in [-0.4, -0.2) is 38.5 Å². The number of aliphatic hydroxyl groups excluding tert-OH is 1. The lowest BCUT2D eigenvalue weighted by atomic mass is 9.83. The van der Waals surface area contributed by atoms with Gasteiger partial charge in [0.25, 0.3) is 0 Å². The minimum atomic E-state index is -1.81. The van der Waals surface area contributed by atoms with Crippen molar-refractivity contribution in [3.63, 3.8) is 0 Å². The van der Waals surface area contributed by atoms with Gasteiger partial charge in [-0.2, -0.15) is 0 Å². The second kappa shape index (κ2) is 7.68. The van der Waals surface area contributed by atoms with Crippen molar-refractivity contribution in [2.45, 2.75) is 64.3 Å². The van der Waals surface area contributed by atoms with Gasteiger partial charge in [0.15, 0.2) is 14.1 Å². The van der Waals surface area contributed by atoms with E-state index in [1.165, 1.54) is 0 Å². The van der Waals surface area contributed by atoms with Crippen molar-refractivity contribution in [1.82, 2.24) is 0 Å².